The maximum atomic E-state index is 14.6. The average molecular weight is 721 g/mol. The second kappa shape index (κ2) is 12.8. The Morgan fingerprint density at radius 1 is 0.922 bits per heavy atom. The van der Waals surface area contributed by atoms with Gasteiger partial charge in [-0.15, -0.1) is 0 Å². The summed E-state index contributed by atoms with van der Waals surface area (Å²) in [5, 5.41) is 10.3. The van der Waals surface area contributed by atoms with Crippen LogP contribution in [0.2, 0.25) is 5.02 Å². The molecule has 6 nitrogen and oxygen atoms in total. The van der Waals surface area contributed by atoms with Crippen LogP contribution in [0.5, 0.6) is 0 Å². The van der Waals surface area contributed by atoms with Crippen molar-refractivity contribution < 1.29 is 29.0 Å². The number of esters is 1. The van der Waals surface area contributed by atoms with Crippen LogP contribution in [-0.4, -0.2) is 34.7 Å². The Kier molecular flexibility index (Phi) is 9.63. The van der Waals surface area contributed by atoms with E-state index in [0.29, 0.717) is 36.1 Å². The fourth-order valence-corrected chi connectivity index (χ4v) is 13.2. The molecule has 0 aromatic heterocycles. The predicted molar refractivity (Wildman–Crippen MR) is 200 cm³/mol. The summed E-state index contributed by atoms with van der Waals surface area (Å²) in [4.78, 5) is 53.4. The van der Waals surface area contributed by atoms with E-state index in [1.54, 1.807) is 13.8 Å². The molecule has 4 fully saturated rings. The number of Topliss-reactive ketones (excluding diaryl/α,β-unsaturated/α-hetero) is 2. The van der Waals surface area contributed by atoms with Crippen molar-refractivity contribution in [2.24, 2.45) is 56.2 Å². The minimum absolute atomic E-state index is 0.0275. The van der Waals surface area contributed by atoms with Gasteiger partial charge in [0.1, 0.15) is 11.9 Å². The summed E-state index contributed by atoms with van der Waals surface area (Å²) in [7, 11) is 0. The molecule has 5 aliphatic carbocycles. The topological polar surface area (TPSA) is 97.7 Å². The van der Waals surface area contributed by atoms with Gasteiger partial charge >= 0.3 is 11.9 Å². The standard InChI is InChI=1S/C44H61ClO6/c1-26(2)36-30(46)24-44(33(47)17-14-27-12-10-11-13-29(27)45)23-22-42(8)28(37(36)44)15-16-32-41(7)20-19-34(51-35(48)25-39(3,4)38(49)50)40(5,6)31(41)18-21-43(32,42)9/h10-13,26,28,31-32,34H,14-25H2,1-9H3,(H,49,50)/t28-,31+,32-,34+,41+,42-,43-,44+/m1/s1. The van der Waals surface area contributed by atoms with Gasteiger partial charge in [-0.05, 0) is 134 Å². The number of fused-ring (bicyclic) bond motifs is 7. The first-order valence-electron chi connectivity index (χ1n) is 19.6. The van der Waals surface area contributed by atoms with Crippen molar-refractivity contribution >= 4 is 35.1 Å². The summed E-state index contributed by atoms with van der Waals surface area (Å²) < 4.78 is 6.15. The van der Waals surface area contributed by atoms with Gasteiger partial charge in [-0.25, -0.2) is 0 Å². The van der Waals surface area contributed by atoms with Gasteiger partial charge in [0.2, 0.25) is 0 Å². The number of carbonyl (C=O) groups excluding carboxylic acids is 3. The molecule has 0 amide bonds. The van der Waals surface area contributed by atoms with E-state index in [1.165, 1.54) is 5.57 Å². The minimum Gasteiger partial charge on any atom is -0.481 e. The van der Waals surface area contributed by atoms with Crippen LogP contribution < -0.4 is 0 Å². The zero-order chi connectivity index (χ0) is 37.5. The monoisotopic (exact) mass is 720 g/mol. The highest BCUT2D eigenvalue weighted by atomic mass is 35.5. The molecule has 51 heavy (non-hydrogen) atoms. The lowest BCUT2D eigenvalue weighted by molar-refractivity contribution is -0.233. The van der Waals surface area contributed by atoms with E-state index in [9.17, 15) is 24.3 Å². The first-order valence-corrected chi connectivity index (χ1v) is 20.0. The number of ether oxygens (including phenoxy) is 1. The molecule has 1 aromatic carbocycles. The van der Waals surface area contributed by atoms with Gasteiger partial charge in [0, 0.05) is 23.3 Å². The van der Waals surface area contributed by atoms with Gasteiger partial charge < -0.3 is 9.84 Å². The summed E-state index contributed by atoms with van der Waals surface area (Å²) in [6.07, 6.45) is 8.46. The van der Waals surface area contributed by atoms with Crippen molar-refractivity contribution in [3.63, 3.8) is 0 Å². The van der Waals surface area contributed by atoms with Crippen molar-refractivity contribution in [1.29, 1.82) is 0 Å². The Bertz CT molecular complexity index is 1650. The predicted octanol–water partition coefficient (Wildman–Crippen LogP) is 10.2. The van der Waals surface area contributed by atoms with Crippen LogP contribution in [0.15, 0.2) is 35.4 Å². The zero-order valence-electron chi connectivity index (χ0n) is 32.5. The number of halogens is 1. The third kappa shape index (κ3) is 5.78. The molecule has 7 heteroatoms. The van der Waals surface area contributed by atoms with E-state index < -0.39 is 22.8 Å². The molecule has 0 radical (unpaired) electrons. The largest absolute Gasteiger partial charge is 0.481 e. The van der Waals surface area contributed by atoms with Crippen molar-refractivity contribution in [2.75, 3.05) is 0 Å². The number of rotatable bonds is 9. The van der Waals surface area contributed by atoms with Crippen molar-refractivity contribution in [1.82, 2.24) is 0 Å². The SMILES string of the molecule is CC(C)C1=C2[C@H]3CC[C@@H]4[C@@]5(C)CC[C@H](OC(=O)CC(C)(C)C(=O)O)C(C)(C)[C@@H]5CC[C@@]4(C)[C@]3(C)CC[C@@]2(C(=O)CCc2ccccc2Cl)CC1=O. The molecule has 0 heterocycles. The average Bonchev–Trinajstić information content (AvgIpc) is 3.35. The molecule has 0 aliphatic heterocycles. The van der Waals surface area contributed by atoms with Crippen LogP contribution in [0.1, 0.15) is 139 Å². The Hall–Kier alpha value is -2.47. The fourth-order valence-electron chi connectivity index (χ4n) is 13.0. The summed E-state index contributed by atoms with van der Waals surface area (Å²) in [5.41, 5.74) is 1.03. The Balaban J connectivity index is 1.29. The third-order valence-electron chi connectivity index (χ3n) is 15.9. The molecule has 1 N–H and O–H groups in total. The van der Waals surface area contributed by atoms with Crippen LogP contribution in [0.3, 0.4) is 0 Å². The van der Waals surface area contributed by atoms with Gasteiger partial charge in [-0.1, -0.05) is 78.3 Å². The highest BCUT2D eigenvalue weighted by molar-refractivity contribution is 6.31. The Morgan fingerprint density at radius 2 is 1.61 bits per heavy atom. The van der Waals surface area contributed by atoms with E-state index in [1.807, 2.05) is 24.3 Å². The van der Waals surface area contributed by atoms with Crippen LogP contribution in [-0.2, 0) is 30.3 Å². The summed E-state index contributed by atoms with van der Waals surface area (Å²) in [6, 6.07) is 7.76. The number of hydrogen-bond donors (Lipinski definition) is 1. The van der Waals surface area contributed by atoms with E-state index in [4.69, 9.17) is 16.3 Å². The van der Waals surface area contributed by atoms with E-state index in [2.05, 4.69) is 48.5 Å². The third-order valence-corrected chi connectivity index (χ3v) is 16.3. The summed E-state index contributed by atoms with van der Waals surface area (Å²) >= 11 is 6.51. The van der Waals surface area contributed by atoms with E-state index in [-0.39, 0.29) is 57.6 Å². The zero-order valence-corrected chi connectivity index (χ0v) is 33.3. The molecular weight excluding hydrogens is 660 g/mol. The molecule has 280 valence electrons. The van der Waals surface area contributed by atoms with Crippen molar-refractivity contribution in [2.45, 2.75) is 145 Å². The number of carboxylic acids is 1. The second-order valence-electron chi connectivity index (χ2n) is 19.5. The summed E-state index contributed by atoms with van der Waals surface area (Å²) in [5.74, 6) is 0.0728. The number of aliphatic carboxylic acids is 1. The van der Waals surface area contributed by atoms with Crippen molar-refractivity contribution in [3.05, 3.63) is 46.0 Å². The number of carboxylic acid groups (broad SMARTS) is 1. The Labute approximate surface area is 310 Å². The van der Waals surface area contributed by atoms with Gasteiger partial charge in [0.25, 0.3) is 0 Å². The Morgan fingerprint density at radius 3 is 2.25 bits per heavy atom. The normalized spacial score (nSPS) is 37.3. The first-order chi connectivity index (χ1) is 23.7. The van der Waals surface area contributed by atoms with Crippen LogP contribution >= 0.6 is 11.6 Å². The van der Waals surface area contributed by atoms with Crippen LogP contribution in [0.25, 0.3) is 0 Å². The number of ketones is 2. The number of allylic oxidation sites excluding steroid dienone is 2. The molecule has 0 spiro atoms. The quantitative estimate of drug-likeness (QED) is 0.255. The first kappa shape index (κ1) is 38.3. The molecule has 1 aromatic rings. The molecular formula is C44H61ClO6. The molecule has 0 unspecified atom stereocenters. The maximum absolute atomic E-state index is 14.6. The summed E-state index contributed by atoms with van der Waals surface area (Å²) in [6.45, 7) is 19.5. The van der Waals surface area contributed by atoms with E-state index in [0.717, 1.165) is 62.5 Å². The van der Waals surface area contributed by atoms with Gasteiger partial charge in [0.05, 0.1) is 17.3 Å². The van der Waals surface area contributed by atoms with Gasteiger partial charge in [-0.2, -0.15) is 0 Å². The number of benzene rings is 1. The maximum Gasteiger partial charge on any atom is 0.309 e. The van der Waals surface area contributed by atoms with Gasteiger partial charge in [-0.3, -0.25) is 19.2 Å². The minimum atomic E-state index is -1.17. The van der Waals surface area contributed by atoms with Crippen LogP contribution in [0, 0.1) is 56.2 Å². The molecule has 0 bridgehead atoms. The highest BCUT2D eigenvalue weighted by Gasteiger charge is 2.71. The lowest BCUT2D eigenvalue weighted by Gasteiger charge is -2.72. The van der Waals surface area contributed by atoms with Crippen molar-refractivity contribution in [3.8, 4) is 0 Å². The van der Waals surface area contributed by atoms with E-state index >= 15 is 0 Å². The number of hydrogen-bond acceptors (Lipinski definition) is 5. The fraction of sp³-hybridized carbons (Fsp3) is 0.727. The number of aryl methyl sites for hydroxylation is 1. The lowest BCUT2D eigenvalue weighted by atomic mass is 9.33. The smallest absolute Gasteiger partial charge is 0.309 e. The lowest BCUT2D eigenvalue weighted by Crippen LogP contribution is -2.66. The highest BCUT2D eigenvalue weighted by Crippen LogP contribution is 2.77. The molecule has 8 atom stereocenters. The molecule has 0 saturated heterocycles. The molecule has 4 saturated carbocycles. The molecule has 5 aliphatic rings. The van der Waals surface area contributed by atoms with Gasteiger partial charge in [0.15, 0.2) is 5.78 Å². The number of carbonyl (C=O) groups is 4. The second-order valence-corrected chi connectivity index (χ2v) is 19.9. The molecule has 6 rings (SSSR count). The van der Waals surface area contributed by atoms with Crippen LogP contribution in [0.4, 0.5) is 0 Å².